The first kappa shape index (κ1) is 21.1. The molecule has 1 N–H and O–H groups in total. The molecule has 0 spiro atoms. The van der Waals surface area contributed by atoms with Crippen LogP contribution in [0.4, 0.5) is 4.39 Å². The zero-order valence-electron chi connectivity index (χ0n) is 17.2. The first-order valence-corrected chi connectivity index (χ1v) is 9.35. The zero-order valence-corrected chi connectivity index (χ0v) is 17.2. The van der Waals surface area contributed by atoms with E-state index in [9.17, 15) is 19.2 Å². The summed E-state index contributed by atoms with van der Waals surface area (Å²) < 4.78 is 18.7. The lowest BCUT2D eigenvalue weighted by atomic mass is 9.87. The predicted octanol–water partition coefficient (Wildman–Crippen LogP) is 3.03. The molecule has 2 aromatic rings. The van der Waals surface area contributed by atoms with Gasteiger partial charge in [-0.25, -0.2) is 4.39 Å². The molecule has 1 atom stereocenters. The molecule has 2 aromatic carbocycles. The summed E-state index contributed by atoms with van der Waals surface area (Å²) in [4.78, 5) is 27.6. The fourth-order valence-electron chi connectivity index (χ4n) is 3.55. The number of rotatable bonds is 4. The van der Waals surface area contributed by atoms with E-state index in [1.165, 1.54) is 24.1 Å². The minimum atomic E-state index is -1.18. The molecule has 1 aliphatic rings. The summed E-state index contributed by atoms with van der Waals surface area (Å²) in [6, 6.07) is 13.4. The van der Waals surface area contributed by atoms with Gasteiger partial charge < -0.3 is 15.0 Å². The lowest BCUT2D eigenvalue weighted by molar-refractivity contribution is -0.147. The minimum absolute atomic E-state index is 0.0748. The number of methoxy groups -OCH3 is 1. The number of nitriles is 1. The highest BCUT2D eigenvalue weighted by Gasteiger charge is 2.46. The third-order valence-corrected chi connectivity index (χ3v) is 5.58. The Kier molecular flexibility index (Phi) is 5.61. The van der Waals surface area contributed by atoms with Crippen molar-refractivity contribution >= 4 is 17.4 Å². The van der Waals surface area contributed by atoms with Crippen LogP contribution < -0.4 is 10.1 Å². The zero-order chi connectivity index (χ0) is 22.1. The molecule has 30 heavy (non-hydrogen) atoms. The molecule has 1 heterocycles. The molecule has 1 saturated heterocycles. The molecule has 6 nitrogen and oxygen atoms in total. The largest absolute Gasteiger partial charge is 0.494 e. The lowest BCUT2D eigenvalue weighted by Gasteiger charge is -2.42. The van der Waals surface area contributed by atoms with Gasteiger partial charge in [-0.15, -0.1) is 0 Å². The second-order valence-electron chi connectivity index (χ2n) is 7.40. The molecule has 0 bridgehead atoms. The molecule has 0 aromatic heterocycles. The molecule has 0 radical (unpaired) electrons. The number of allylic oxidation sites excluding steroid dienone is 1. The van der Waals surface area contributed by atoms with Gasteiger partial charge in [0.2, 0.25) is 0 Å². The van der Waals surface area contributed by atoms with Crippen molar-refractivity contribution in [3.05, 3.63) is 70.7 Å². The highest BCUT2D eigenvalue weighted by molar-refractivity contribution is 6.10. The molecule has 7 heteroatoms. The fourth-order valence-corrected chi connectivity index (χ4v) is 3.55. The summed E-state index contributed by atoms with van der Waals surface area (Å²) in [6.07, 6.45) is 0.179. The summed E-state index contributed by atoms with van der Waals surface area (Å²) in [5.41, 5.74) is 1.13. The smallest absolute Gasteiger partial charge is 0.271 e. The monoisotopic (exact) mass is 407 g/mol. The molecular formula is C23H22FN3O3. The van der Waals surface area contributed by atoms with Gasteiger partial charge in [-0.1, -0.05) is 24.3 Å². The van der Waals surface area contributed by atoms with Crippen LogP contribution in [0.25, 0.3) is 5.57 Å². The van der Waals surface area contributed by atoms with E-state index in [4.69, 9.17) is 4.74 Å². The van der Waals surface area contributed by atoms with Gasteiger partial charge in [0.1, 0.15) is 11.2 Å². The van der Waals surface area contributed by atoms with E-state index in [-0.39, 0.29) is 29.7 Å². The van der Waals surface area contributed by atoms with Crippen LogP contribution in [0.1, 0.15) is 30.5 Å². The van der Waals surface area contributed by atoms with Crippen LogP contribution in [0.2, 0.25) is 0 Å². The van der Waals surface area contributed by atoms with Crippen LogP contribution in [-0.2, 0) is 16.0 Å². The van der Waals surface area contributed by atoms with Crippen LogP contribution >= 0.6 is 0 Å². The van der Waals surface area contributed by atoms with Crippen molar-refractivity contribution in [1.29, 1.82) is 5.26 Å². The number of ether oxygens (including phenoxy) is 1. The highest BCUT2D eigenvalue weighted by atomic mass is 19.1. The quantitative estimate of drug-likeness (QED) is 0.790. The number of nitrogens with zero attached hydrogens (tertiary/aromatic N) is 2. The van der Waals surface area contributed by atoms with Crippen molar-refractivity contribution in [2.45, 2.75) is 25.8 Å². The van der Waals surface area contributed by atoms with E-state index in [0.29, 0.717) is 22.3 Å². The van der Waals surface area contributed by atoms with E-state index >= 15 is 0 Å². The maximum atomic E-state index is 13.7. The number of halogens is 1. The Morgan fingerprint density at radius 3 is 2.63 bits per heavy atom. The van der Waals surface area contributed by atoms with E-state index in [1.54, 1.807) is 51.2 Å². The summed E-state index contributed by atoms with van der Waals surface area (Å²) in [6.45, 7) is 3.36. The van der Waals surface area contributed by atoms with Crippen LogP contribution in [0.15, 0.2) is 48.2 Å². The second kappa shape index (κ2) is 7.99. The first-order valence-electron chi connectivity index (χ1n) is 9.35. The molecule has 1 aliphatic heterocycles. The van der Waals surface area contributed by atoms with Crippen LogP contribution in [-0.4, -0.2) is 36.4 Å². The van der Waals surface area contributed by atoms with E-state index in [1.807, 2.05) is 0 Å². The van der Waals surface area contributed by atoms with E-state index in [2.05, 4.69) is 11.4 Å². The van der Waals surface area contributed by atoms with Crippen molar-refractivity contribution < 1.29 is 18.7 Å². The number of benzene rings is 2. The van der Waals surface area contributed by atoms with Gasteiger partial charge in [-0.3, -0.25) is 9.59 Å². The Morgan fingerprint density at radius 1 is 1.27 bits per heavy atom. The number of hydrogen-bond donors (Lipinski definition) is 1. The topological polar surface area (TPSA) is 82.4 Å². The molecule has 154 valence electrons. The number of carbonyl (C=O) groups excluding carboxylic acids is 2. The van der Waals surface area contributed by atoms with Crippen LogP contribution in [0, 0.1) is 17.1 Å². The van der Waals surface area contributed by atoms with Gasteiger partial charge in [0, 0.05) is 13.5 Å². The number of carbonyl (C=O) groups is 2. The molecule has 0 aliphatic carbocycles. The second-order valence-corrected chi connectivity index (χ2v) is 7.40. The molecular weight excluding hydrogens is 385 g/mol. The van der Waals surface area contributed by atoms with Gasteiger partial charge in [0.15, 0.2) is 11.6 Å². The molecule has 1 fully saturated rings. The fraction of sp³-hybridized carbons (Fsp3) is 0.261. The summed E-state index contributed by atoms with van der Waals surface area (Å²) in [5, 5.41) is 12.1. The molecule has 3 rings (SSSR count). The van der Waals surface area contributed by atoms with Gasteiger partial charge >= 0.3 is 0 Å². The molecule has 1 unspecified atom stereocenters. The van der Waals surface area contributed by atoms with Crippen molar-refractivity contribution in [2.75, 3.05) is 14.2 Å². The molecule has 2 amide bonds. The van der Waals surface area contributed by atoms with Crippen LogP contribution in [0.5, 0.6) is 5.75 Å². The standard InChI is InChI=1S/C23H22FN3O3/c1-14(17-8-6-5-7-16(17)13-25)20-21(28)27(3)23(2,22(29)26-20)12-15-9-10-18(24)19(11-15)30-4/h5-11H,12H2,1-4H3,(H,26,29). The maximum Gasteiger partial charge on any atom is 0.271 e. The van der Waals surface area contributed by atoms with Crippen molar-refractivity contribution in [2.24, 2.45) is 0 Å². The minimum Gasteiger partial charge on any atom is -0.494 e. The lowest BCUT2D eigenvalue weighted by Crippen LogP contribution is -2.64. The van der Waals surface area contributed by atoms with Crippen molar-refractivity contribution in [1.82, 2.24) is 10.2 Å². The van der Waals surface area contributed by atoms with Gasteiger partial charge in [-0.2, -0.15) is 5.26 Å². The number of piperazine rings is 1. The first-order chi connectivity index (χ1) is 14.2. The number of amides is 2. The van der Waals surface area contributed by atoms with Crippen molar-refractivity contribution in [3.8, 4) is 11.8 Å². The summed E-state index contributed by atoms with van der Waals surface area (Å²) in [7, 11) is 2.93. The predicted molar refractivity (Wildman–Crippen MR) is 110 cm³/mol. The van der Waals surface area contributed by atoms with E-state index < -0.39 is 11.4 Å². The Balaban J connectivity index is 1.98. The van der Waals surface area contributed by atoms with Gasteiger partial charge in [0.05, 0.1) is 18.7 Å². The number of nitrogens with one attached hydrogen (secondary N) is 1. The summed E-state index contributed by atoms with van der Waals surface area (Å²) in [5.74, 6) is -1.15. The SMILES string of the molecule is COc1cc(CC2(C)C(=O)NC(=C(C)c3ccccc3C#N)C(=O)N2C)ccc1F. The van der Waals surface area contributed by atoms with E-state index in [0.717, 1.165) is 0 Å². The summed E-state index contributed by atoms with van der Waals surface area (Å²) >= 11 is 0. The average Bonchev–Trinajstić information content (AvgIpc) is 2.76. The highest BCUT2D eigenvalue weighted by Crippen LogP contribution is 2.31. The number of likely N-dealkylation sites (N-methyl/N-ethyl adjacent to an activating group) is 1. The van der Waals surface area contributed by atoms with Gasteiger partial charge in [0.25, 0.3) is 11.8 Å². The maximum absolute atomic E-state index is 13.7. The third-order valence-electron chi connectivity index (χ3n) is 5.58. The normalized spacial score (nSPS) is 20.5. The Hall–Kier alpha value is -3.66. The Labute approximate surface area is 174 Å². The number of hydrogen-bond acceptors (Lipinski definition) is 4. The van der Waals surface area contributed by atoms with Crippen LogP contribution in [0.3, 0.4) is 0 Å². The third kappa shape index (κ3) is 3.52. The Morgan fingerprint density at radius 2 is 1.97 bits per heavy atom. The molecule has 0 saturated carbocycles. The Bertz CT molecular complexity index is 1100. The van der Waals surface area contributed by atoms with Crippen molar-refractivity contribution in [3.63, 3.8) is 0 Å². The average molecular weight is 407 g/mol. The van der Waals surface area contributed by atoms with Gasteiger partial charge in [-0.05, 0) is 48.7 Å².